The molecule has 1 aliphatic heterocycles. The predicted octanol–water partition coefficient (Wildman–Crippen LogP) is 2.79. The Kier molecular flexibility index (Phi) is 6.25. The van der Waals surface area contributed by atoms with Crippen molar-refractivity contribution < 1.29 is 28.4 Å². The van der Waals surface area contributed by atoms with E-state index in [1.54, 1.807) is 24.3 Å². The Morgan fingerprint density at radius 1 is 1.00 bits per heavy atom. The van der Waals surface area contributed by atoms with Crippen molar-refractivity contribution in [1.82, 2.24) is 9.29 Å². The molecule has 34 heavy (non-hydrogen) atoms. The molecule has 0 unspecified atom stereocenters. The summed E-state index contributed by atoms with van der Waals surface area (Å²) in [5.74, 6) is -1.57. The van der Waals surface area contributed by atoms with Gasteiger partial charge in [0.25, 0.3) is 21.8 Å². The number of hydrogen-bond acceptors (Lipinski definition) is 8. The molecule has 3 N–H and O–H groups in total. The molecule has 1 saturated heterocycles. The third-order valence-electron chi connectivity index (χ3n) is 4.84. The van der Waals surface area contributed by atoms with E-state index >= 15 is 0 Å². The second-order valence-corrected chi connectivity index (χ2v) is 9.53. The first-order valence-corrected chi connectivity index (χ1v) is 11.7. The second-order valence-electron chi connectivity index (χ2n) is 6.93. The van der Waals surface area contributed by atoms with Crippen molar-refractivity contribution in [2.24, 2.45) is 0 Å². The molecule has 2 aromatic carbocycles. The molecule has 13 heteroatoms. The summed E-state index contributed by atoms with van der Waals surface area (Å²) in [6.45, 7) is 0. The number of anilines is 2. The molecule has 0 aliphatic carbocycles. The maximum atomic E-state index is 13.3. The third-order valence-corrected chi connectivity index (χ3v) is 7.13. The zero-order chi connectivity index (χ0) is 24.6. The van der Waals surface area contributed by atoms with E-state index in [1.165, 1.54) is 42.6 Å². The summed E-state index contributed by atoms with van der Waals surface area (Å²) < 4.78 is 27.4. The molecule has 10 nitrogen and oxygen atoms in total. The molecule has 4 rings (SSSR count). The van der Waals surface area contributed by atoms with Gasteiger partial charge in [-0.15, -0.1) is 5.23 Å². The Labute approximate surface area is 203 Å². The molecule has 0 spiro atoms. The van der Waals surface area contributed by atoms with Gasteiger partial charge in [-0.1, -0.05) is 23.7 Å². The van der Waals surface area contributed by atoms with E-state index in [2.05, 4.69) is 5.32 Å². The van der Waals surface area contributed by atoms with Gasteiger partial charge >= 0.3 is 0 Å². The zero-order valence-corrected chi connectivity index (χ0v) is 19.4. The highest BCUT2D eigenvalue weighted by Crippen LogP contribution is 2.28. The second kappa shape index (κ2) is 9.00. The van der Waals surface area contributed by atoms with E-state index in [0.29, 0.717) is 10.7 Å². The molecule has 1 aromatic heterocycles. The number of benzene rings is 2. The maximum absolute atomic E-state index is 13.3. The number of carbonyl (C=O) groups excluding carboxylic acids is 2. The van der Waals surface area contributed by atoms with Crippen LogP contribution in [0, 0.1) is 0 Å². The van der Waals surface area contributed by atoms with Crippen molar-refractivity contribution in [3.05, 3.63) is 83.2 Å². The Bertz CT molecular complexity index is 1450. The summed E-state index contributed by atoms with van der Waals surface area (Å²) in [6, 6.07) is 14.2. The number of amides is 2. The fourth-order valence-corrected chi connectivity index (χ4v) is 5.19. The van der Waals surface area contributed by atoms with Gasteiger partial charge in [0.2, 0.25) is 0 Å². The van der Waals surface area contributed by atoms with E-state index in [1.807, 2.05) is 0 Å². The third kappa shape index (κ3) is 4.20. The topological polar surface area (TPSA) is 132 Å². The summed E-state index contributed by atoms with van der Waals surface area (Å²) in [6.07, 6.45) is 2.31. The Balaban J connectivity index is 1.78. The van der Waals surface area contributed by atoms with Gasteiger partial charge in [0.1, 0.15) is 16.2 Å². The Morgan fingerprint density at radius 2 is 1.68 bits per heavy atom. The molecule has 2 amide bonds. The molecule has 0 atom stereocenters. The SMILES string of the molecule is O=C1NC(=S)N(c2ccc(Cl)cc2)C(=O)C1=Cc1cccn1S(=O)(=O)c1ccccc1N(O)O. The summed E-state index contributed by atoms with van der Waals surface area (Å²) in [5.41, 5.74) is -0.425. The van der Waals surface area contributed by atoms with Gasteiger partial charge in [0.15, 0.2) is 5.11 Å². The number of para-hydroxylation sites is 1. The van der Waals surface area contributed by atoms with Crippen molar-refractivity contribution in [3.63, 3.8) is 0 Å². The van der Waals surface area contributed by atoms with E-state index in [-0.39, 0.29) is 27.3 Å². The first-order valence-electron chi connectivity index (χ1n) is 9.48. The molecule has 0 saturated carbocycles. The van der Waals surface area contributed by atoms with Gasteiger partial charge in [-0.2, -0.15) is 0 Å². The summed E-state index contributed by atoms with van der Waals surface area (Å²) >= 11 is 11.0. The lowest BCUT2D eigenvalue weighted by Gasteiger charge is -2.29. The quantitative estimate of drug-likeness (QED) is 0.203. The lowest BCUT2D eigenvalue weighted by Crippen LogP contribution is -2.54. The highest BCUT2D eigenvalue weighted by atomic mass is 35.5. The summed E-state index contributed by atoms with van der Waals surface area (Å²) in [4.78, 5) is 26.4. The molecular formula is C21H15ClN4O6S2. The molecule has 1 aliphatic rings. The Hall–Kier alpha value is -3.55. The van der Waals surface area contributed by atoms with E-state index in [9.17, 15) is 28.4 Å². The van der Waals surface area contributed by atoms with E-state index in [0.717, 1.165) is 14.9 Å². The first-order chi connectivity index (χ1) is 16.1. The van der Waals surface area contributed by atoms with Crippen LogP contribution in [0.15, 0.2) is 77.3 Å². The number of halogens is 1. The number of carbonyl (C=O) groups is 2. The molecule has 2 heterocycles. The average Bonchev–Trinajstić information content (AvgIpc) is 3.27. The number of nitrogens with one attached hydrogen (secondary N) is 1. The van der Waals surface area contributed by atoms with E-state index in [4.69, 9.17) is 23.8 Å². The summed E-state index contributed by atoms with van der Waals surface area (Å²) in [5, 5.41) is 21.3. The monoisotopic (exact) mass is 518 g/mol. The highest BCUT2D eigenvalue weighted by Gasteiger charge is 2.35. The van der Waals surface area contributed by atoms with Crippen LogP contribution in [0.1, 0.15) is 5.69 Å². The number of hydrogen-bond donors (Lipinski definition) is 3. The minimum Gasteiger partial charge on any atom is -0.298 e. The molecular weight excluding hydrogens is 504 g/mol. The van der Waals surface area contributed by atoms with Gasteiger partial charge in [0, 0.05) is 11.2 Å². The maximum Gasteiger partial charge on any atom is 0.270 e. The van der Waals surface area contributed by atoms with Crippen LogP contribution in [0.25, 0.3) is 6.08 Å². The van der Waals surface area contributed by atoms with Crippen LogP contribution in [0.4, 0.5) is 11.4 Å². The standard InChI is InChI=1S/C21H15ClN4O6S2/c22-13-7-9-14(10-8-13)25-20(28)16(19(27)23-21(25)33)12-15-4-3-11-24(15)34(31,32)18-6-2-1-5-17(18)26(29)30/h1-12,29-30H,(H,23,27,33). The van der Waals surface area contributed by atoms with Gasteiger partial charge in [-0.25, -0.2) is 12.4 Å². The predicted molar refractivity (Wildman–Crippen MR) is 127 cm³/mol. The van der Waals surface area contributed by atoms with E-state index < -0.39 is 26.7 Å². The Morgan fingerprint density at radius 3 is 2.35 bits per heavy atom. The smallest absolute Gasteiger partial charge is 0.270 e. The van der Waals surface area contributed by atoms with Crippen LogP contribution in [0.2, 0.25) is 5.02 Å². The van der Waals surface area contributed by atoms with Crippen molar-refractivity contribution in [2.45, 2.75) is 4.90 Å². The lowest BCUT2D eigenvalue weighted by molar-refractivity contribution is -0.122. The van der Waals surface area contributed by atoms with Gasteiger partial charge < -0.3 is 0 Å². The highest BCUT2D eigenvalue weighted by molar-refractivity contribution is 7.90. The average molecular weight is 519 g/mol. The molecule has 1 fully saturated rings. The van der Waals surface area contributed by atoms with Gasteiger partial charge in [0.05, 0.1) is 11.4 Å². The van der Waals surface area contributed by atoms with Crippen LogP contribution in [-0.2, 0) is 19.6 Å². The number of thiocarbonyl (C=S) groups is 1. The van der Waals surface area contributed by atoms with Crippen molar-refractivity contribution in [2.75, 3.05) is 10.1 Å². The van der Waals surface area contributed by atoms with Gasteiger partial charge in [-0.05, 0) is 66.8 Å². The number of aromatic nitrogens is 1. The van der Waals surface area contributed by atoms with Crippen molar-refractivity contribution in [3.8, 4) is 0 Å². The number of nitrogens with zero attached hydrogens (tertiary/aromatic N) is 3. The largest absolute Gasteiger partial charge is 0.298 e. The van der Waals surface area contributed by atoms with Crippen LogP contribution in [-0.4, -0.2) is 39.7 Å². The fourth-order valence-electron chi connectivity index (χ4n) is 3.29. The van der Waals surface area contributed by atoms with Crippen LogP contribution in [0.5, 0.6) is 0 Å². The van der Waals surface area contributed by atoms with Crippen LogP contribution < -0.4 is 15.4 Å². The number of rotatable bonds is 5. The van der Waals surface area contributed by atoms with Crippen molar-refractivity contribution in [1.29, 1.82) is 0 Å². The zero-order valence-electron chi connectivity index (χ0n) is 17.0. The minimum atomic E-state index is -4.36. The normalized spacial score (nSPS) is 15.6. The fraction of sp³-hybridized carbons (Fsp3) is 0. The summed E-state index contributed by atoms with van der Waals surface area (Å²) in [7, 11) is -4.36. The van der Waals surface area contributed by atoms with Crippen LogP contribution >= 0.6 is 23.8 Å². The van der Waals surface area contributed by atoms with Crippen molar-refractivity contribution >= 4 is 68.2 Å². The first kappa shape index (κ1) is 23.6. The minimum absolute atomic E-state index is 0.0281. The van der Waals surface area contributed by atoms with Crippen LogP contribution in [0.3, 0.4) is 0 Å². The van der Waals surface area contributed by atoms with Gasteiger partial charge in [-0.3, -0.25) is 30.2 Å². The molecule has 0 bridgehead atoms. The lowest BCUT2D eigenvalue weighted by atomic mass is 10.1. The molecule has 0 radical (unpaired) electrons. The molecule has 174 valence electrons. The molecule has 3 aromatic rings.